The largest absolute Gasteiger partial charge is 0.508 e. The Bertz CT molecular complexity index is 512. The molecule has 1 aromatic rings. The van der Waals surface area contributed by atoms with Crippen molar-refractivity contribution in [2.24, 2.45) is 4.99 Å². The second kappa shape index (κ2) is 11.9. The van der Waals surface area contributed by atoms with Gasteiger partial charge in [-0.25, -0.2) is 9.79 Å². The van der Waals surface area contributed by atoms with Crippen molar-refractivity contribution in [1.29, 1.82) is 0 Å². The van der Waals surface area contributed by atoms with Crippen molar-refractivity contribution >= 4 is 21.0 Å². The molecule has 0 aliphatic carbocycles. The first-order chi connectivity index (χ1) is 11.7. The molecular weight excluding hydrogens is 322 g/mol. The van der Waals surface area contributed by atoms with Crippen molar-refractivity contribution in [2.45, 2.75) is 32.7 Å². The zero-order valence-electron chi connectivity index (χ0n) is 14.7. The number of carbonyl (C=O) groups excluding carboxylic acids is 1. The zero-order valence-corrected chi connectivity index (χ0v) is 15.7. The van der Waals surface area contributed by atoms with Crippen molar-refractivity contribution in [3.8, 4) is 0 Å². The van der Waals surface area contributed by atoms with Crippen LogP contribution in [0, 0.1) is 0 Å². The van der Waals surface area contributed by atoms with Gasteiger partial charge >= 0.3 is 8.80 Å². The fourth-order valence-electron chi connectivity index (χ4n) is 2.48. The van der Waals surface area contributed by atoms with Crippen LogP contribution in [0.3, 0.4) is 0 Å². The predicted octanol–water partition coefficient (Wildman–Crippen LogP) is 3.84. The molecule has 1 atom stereocenters. The summed E-state index contributed by atoms with van der Waals surface area (Å²) >= 11 is 0. The fraction of sp³-hybridized carbons (Fsp3) is 0.500. The highest BCUT2D eigenvalue weighted by atomic mass is 28.4. The highest BCUT2D eigenvalue weighted by Gasteiger charge is 2.47. The van der Waals surface area contributed by atoms with Crippen LogP contribution in [0.2, 0.25) is 5.54 Å². The molecule has 1 unspecified atom stereocenters. The Kier molecular flexibility index (Phi) is 10.2. The highest BCUT2D eigenvalue weighted by molar-refractivity contribution is 6.63. The van der Waals surface area contributed by atoms with Crippen LogP contribution >= 0.6 is 0 Å². The Hall–Kier alpha value is -1.56. The lowest BCUT2D eigenvalue weighted by Crippen LogP contribution is -2.50. The third-order valence-electron chi connectivity index (χ3n) is 3.43. The molecule has 0 N–H and O–H groups in total. The molecule has 0 saturated heterocycles. The van der Waals surface area contributed by atoms with E-state index in [1.54, 1.807) is 6.08 Å². The summed E-state index contributed by atoms with van der Waals surface area (Å²) in [5.41, 5.74) is 1.02. The topological polar surface area (TPSA) is 57.1 Å². The van der Waals surface area contributed by atoms with Crippen LogP contribution in [-0.4, -0.2) is 41.2 Å². The van der Waals surface area contributed by atoms with E-state index < -0.39 is 8.80 Å². The molecule has 0 aromatic heterocycles. The van der Waals surface area contributed by atoms with Crippen molar-refractivity contribution in [3.63, 3.8) is 0 Å². The Morgan fingerprint density at radius 1 is 1.08 bits per heavy atom. The number of allylic oxidation sites excluding steroid dienone is 1. The molecule has 0 fully saturated rings. The Balaban J connectivity index is 3.09. The standard InChI is InChI=1S/C18H27NO4Si/c1-4-21-24(22-5-2,23-6-3)18(14-15-19-16-20)13-12-17-10-8-7-9-11-17/h7-13,18H,4-6,14-15H2,1-3H3. The van der Waals surface area contributed by atoms with E-state index in [0.717, 1.165) is 5.56 Å². The number of hydrogen-bond donors (Lipinski definition) is 0. The lowest BCUT2D eigenvalue weighted by Gasteiger charge is -2.33. The van der Waals surface area contributed by atoms with Crippen molar-refractivity contribution in [2.75, 3.05) is 26.4 Å². The lowest BCUT2D eigenvalue weighted by atomic mass is 10.2. The molecule has 0 aliphatic heterocycles. The van der Waals surface area contributed by atoms with Gasteiger partial charge in [-0.3, -0.25) is 0 Å². The second-order valence-electron chi connectivity index (χ2n) is 5.04. The SMILES string of the molecule is CCO[Si](OCC)(OCC)C(C=Cc1ccccc1)CCN=C=O. The maximum Gasteiger partial charge on any atom is 0.508 e. The third-order valence-corrected chi connectivity index (χ3v) is 6.89. The normalized spacial score (nSPS) is 13.0. The second-order valence-corrected chi connectivity index (χ2v) is 7.86. The van der Waals surface area contributed by atoms with Gasteiger partial charge in [0.25, 0.3) is 0 Å². The third kappa shape index (κ3) is 6.51. The summed E-state index contributed by atoms with van der Waals surface area (Å²) in [5.74, 6) is 0. The number of hydrogen-bond acceptors (Lipinski definition) is 5. The van der Waals surface area contributed by atoms with Gasteiger partial charge in [0, 0.05) is 25.4 Å². The summed E-state index contributed by atoms with van der Waals surface area (Å²) in [6.45, 7) is 7.70. The monoisotopic (exact) mass is 349 g/mol. The first-order valence-electron chi connectivity index (χ1n) is 8.41. The highest BCUT2D eigenvalue weighted by Crippen LogP contribution is 2.31. The minimum atomic E-state index is -2.91. The quantitative estimate of drug-likeness (QED) is 0.327. The molecule has 1 aromatic carbocycles. The zero-order chi connectivity index (χ0) is 17.7. The van der Waals surface area contributed by atoms with Crippen LogP contribution in [0.5, 0.6) is 0 Å². The van der Waals surface area contributed by atoms with Crippen LogP contribution in [0.4, 0.5) is 0 Å². The van der Waals surface area contributed by atoms with Crippen LogP contribution in [0.25, 0.3) is 6.08 Å². The van der Waals surface area contributed by atoms with E-state index in [-0.39, 0.29) is 5.54 Å². The maximum absolute atomic E-state index is 10.4. The molecular formula is C18H27NO4Si. The summed E-state index contributed by atoms with van der Waals surface area (Å²) in [6, 6.07) is 10.0. The summed E-state index contributed by atoms with van der Waals surface area (Å²) < 4.78 is 18.0. The van der Waals surface area contributed by atoms with Crippen LogP contribution < -0.4 is 0 Å². The summed E-state index contributed by atoms with van der Waals surface area (Å²) in [5, 5.41) is 0. The number of rotatable bonds is 12. The fourth-order valence-corrected chi connectivity index (χ4v) is 5.40. The lowest BCUT2D eigenvalue weighted by molar-refractivity contribution is 0.0646. The Morgan fingerprint density at radius 3 is 2.17 bits per heavy atom. The minimum Gasteiger partial charge on any atom is -0.373 e. The molecule has 0 saturated carbocycles. The number of nitrogens with zero attached hydrogens (tertiary/aromatic N) is 1. The van der Waals surface area contributed by atoms with Crippen molar-refractivity contribution in [3.05, 3.63) is 42.0 Å². The average molecular weight is 350 g/mol. The average Bonchev–Trinajstić information content (AvgIpc) is 2.59. The van der Waals surface area contributed by atoms with Crippen LogP contribution in [-0.2, 0) is 18.1 Å². The van der Waals surface area contributed by atoms with Gasteiger partial charge in [0.15, 0.2) is 0 Å². The molecule has 24 heavy (non-hydrogen) atoms. The van der Waals surface area contributed by atoms with Gasteiger partial charge < -0.3 is 13.3 Å². The van der Waals surface area contributed by atoms with E-state index >= 15 is 0 Å². The van der Waals surface area contributed by atoms with Gasteiger partial charge in [-0.15, -0.1) is 0 Å². The van der Waals surface area contributed by atoms with E-state index in [0.29, 0.717) is 32.8 Å². The van der Waals surface area contributed by atoms with E-state index in [2.05, 4.69) is 11.1 Å². The van der Waals surface area contributed by atoms with Crippen LogP contribution in [0.1, 0.15) is 32.8 Å². The summed E-state index contributed by atoms with van der Waals surface area (Å²) in [7, 11) is -2.91. The van der Waals surface area contributed by atoms with Gasteiger partial charge in [-0.2, -0.15) is 0 Å². The predicted molar refractivity (Wildman–Crippen MR) is 97.5 cm³/mol. The number of isocyanates is 1. The molecule has 0 amide bonds. The molecule has 1 rings (SSSR count). The van der Waals surface area contributed by atoms with Crippen molar-refractivity contribution in [1.82, 2.24) is 0 Å². The smallest absolute Gasteiger partial charge is 0.373 e. The van der Waals surface area contributed by atoms with Gasteiger partial charge in [0.1, 0.15) is 0 Å². The van der Waals surface area contributed by atoms with Crippen LogP contribution in [0.15, 0.2) is 41.4 Å². The maximum atomic E-state index is 10.4. The Labute approximate surface area is 145 Å². The van der Waals surface area contributed by atoms with E-state index in [1.165, 1.54) is 0 Å². The minimum absolute atomic E-state index is 0.0744. The van der Waals surface area contributed by atoms with Gasteiger partial charge in [0.05, 0.1) is 6.54 Å². The van der Waals surface area contributed by atoms with Gasteiger partial charge in [0.2, 0.25) is 6.08 Å². The van der Waals surface area contributed by atoms with Gasteiger partial charge in [-0.1, -0.05) is 42.5 Å². The van der Waals surface area contributed by atoms with Crippen molar-refractivity contribution < 1.29 is 18.1 Å². The Morgan fingerprint density at radius 2 is 1.67 bits per heavy atom. The van der Waals surface area contributed by atoms with E-state index in [9.17, 15) is 4.79 Å². The molecule has 132 valence electrons. The molecule has 0 bridgehead atoms. The van der Waals surface area contributed by atoms with Gasteiger partial charge in [-0.05, 0) is 32.8 Å². The van der Waals surface area contributed by atoms with E-state index in [4.69, 9.17) is 13.3 Å². The molecule has 0 heterocycles. The molecule has 0 spiro atoms. The summed E-state index contributed by atoms with van der Waals surface area (Å²) in [6.07, 6.45) is 6.30. The molecule has 0 radical (unpaired) electrons. The van der Waals surface area contributed by atoms with E-state index in [1.807, 2.05) is 57.2 Å². The number of aliphatic imine (C=N–C) groups is 1. The number of benzene rings is 1. The first-order valence-corrected chi connectivity index (χ1v) is 10.2. The summed E-state index contributed by atoms with van der Waals surface area (Å²) in [4.78, 5) is 14.1. The molecule has 0 aliphatic rings. The molecule has 6 heteroatoms. The first kappa shape index (κ1) is 20.5. The molecule has 5 nitrogen and oxygen atoms in total.